The zero-order chi connectivity index (χ0) is 17.3. The molecule has 0 aromatic heterocycles. The van der Waals surface area contributed by atoms with Crippen molar-refractivity contribution in [3.63, 3.8) is 0 Å². The number of nitrogens with zero attached hydrogens (tertiary/aromatic N) is 1. The lowest BCUT2D eigenvalue weighted by atomic mass is 9.82. The maximum absolute atomic E-state index is 12.9. The van der Waals surface area contributed by atoms with Gasteiger partial charge in [0, 0.05) is 23.6 Å². The largest absolute Gasteiger partial charge is 0.478 e. The van der Waals surface area contributed by atoms with Gasteiger partial charge in [0.1, 0.15) is 0 Å². The highest BCUT2D eigenvalue weighted by molar-refractivity contribution is 5.98. The van der Waals surface area contributed by atoms with Gasteiger partial charge in [0.05, 0.1) is 5.56 Å². The number of hydrogen-bond donors (Lipinski definition) is 1. The summed E-state index contributed by atoms with van der Waals surface area (Å²) < 4.78 is 0. The summed E-state index contributed by atoms with van der Waals surface area (Å²) in [7, 11) is 0. The van der Waals surface area contributed by atoms with Gasteiger partial charge in [-0.2, -0.15) is 0 Å². The monoisotopic (exact) mass is 323 g/mol. The summed E-state index contributed by atoms with van der Waals surface area (Å²) in [5.41, 5.74) is 1.48. The number of aromatic carboxylic acids is 1. The van der Waals surface area contributed by atoms with Crippen LogP contribution < -0.4 is 0 Å². The third-order valence-electron chi connectivity index (χ3n) is 4.99. The Kier molecular flexibility index (Phi) is 4.14. The lowest BCUT2D eigenvalue weighted by molar-refractivity contribution is 0.0635. The molecule has 0 aliphatic carbocycles. The van der Waals surface area contributed by atoms with Crippen LogP contribution in [0.5, 0.6) is 0 Å². The average molecular weight is 323 g/mol. The first-order valence-electron chi connectivity index (χ1n) is 8.11. The Morgan fingerprint density at radius 1 is 1.04 bits per heavy atom. The van der Waals surface area contributed by atoms with Crippen LogP contribution in [0.25, 0.3) is 0 Å². The summed E-state index contributed by atoms with van der Waals surface area (Å²) in [5, 5.41) is 9.12. The maximum atomic E-state index is 12.9. The minimum atomic E-state index is -1.02. The molecule has 1 atom stereocenters. The van der Waals surface area contributed by atoms with Gasteiger partial charge in [-0.25, -0.2) is 4.79 Å². The van der Waals surface area contributed by atoms with E-state index in [1.165, 1.54) is 17.7 Å². The molecular formula is C20H21NO3. The Morgan fingerprint density at radius 2 is 1.71 bits per heavy atom. The smallest absolute Gasteiger partial charge is 0.335 e. The van der Waals surface area contributed by atoms with Gasteiger partial charge in [0.15, 0.2) is 0 Å². The number of benzene rings is 2. The summed E-state index contributed by atoms with van der Waals surface area (Å²) in [6.07, 6.45) is 0.904. The lowest BCUT2D eigenvalue weighted by Gasteiger charge is -2.36. The van der Waals surface area contributed by atoms with Crippen molar-refractivity contribution in [3.8, 4) is 0 Å². The molecule has 3 rings (SSSR count). The van der Waals surface area contributed by atoms with E-state index < -0.39 is 5.97 Å². The topological polar surface area (TPSA) is 57.6 Å². The van der Waals surface area contributed by atoms with Gasteiger partial charge in [0.25, 0.3) is 5.91 Å². The molecule has 4 nitrogen and oxygen atoms in total. The van der Waals surface area contributed by atoms with Gasteiger partial charge in [-0.3, -0.25) is 4.79 Å². The molecule has 1 N–H and O–H groups in total. The van der Waals surface area contributed by atoms with Crippen molar-refractivity contribution in [2.45, 2.75) is 31.7 Å². The minimum Gasteiger partial charge on any atom is -0.478 e. The van der Waals surface area contributed by atoms with Crippen molar-refractivity contribution in [1.82, 2.24) is 4.90 Å². The van der Waals surface area contributed by atoms with E-state index in [2.05, 4.69) is 26.0 Å². The maximum Gasteiger partial charge on any atom is 0.335 e. The van der Waals surface area contributed by atoms with E-state index in [1.54, 1.807) is 12.1 Å². The van der Waals surface area contributed by atoms with Crippen molar-refractivity contribution in [2.75, 3.05) is 6.54 Å². The molecule has 0 saturated carbocycles. The van der Waals surface area contributed by atoms with Crippen LogP contribution in [0.2, 0.25) is 0 Å². The predicted molar refractivity (Wildman–Crippen MR) is 92.3 cm³/mol. The van der Waals surface area contributed by atoms with Crippen molar-refractivity contribution < 1.29 is 14.7 Å². The third kappa shape index (κ3) is 2.80. The van der Waals surface area contributed by atoms with Crippen LogP contribution >= 0.6 is 0 Å². The van der Waals surface area contributed by atoms with Gasteiger partial charge in [-0.1, -0.05) is 36.4 Å². The fourth-order valence-electron chi connectivity index (χ4n) is 3.65. The van der Waals surface area contributed by atoms with Gasteiger partial charge in [-0.15, -0.1) is 0 Å². The molecule has 2 aromatic carbocycles. The Labute approximate surface area is 141 Å². The van der Waals surface area contributed by atoms with E-state index in [1.807, 2.05) is 23.1 Å². The second-order valence-electron chi connectivity index (χ2n) is 6.75. The van der Waals surface area contributed by atoms with Crippen LogP contribution in [-0.2, 0) is 0 Å². The molecule has 1 unspecified atom stereocenters. The highest BCUT2D eigenvalue weighted by atomic mass is 16.4. The van der Waals surface area contributed by atoms with Crippen LogP contribution in [0.3, 0.4) is 0 Å². The average Bonchev–Trinajstić information content (AvgIpc) is 2.90. The third-order valence-corrected chi connectivity index (χ3v) is 4.99. The van der Waals surface area contributed by atoms with Gasteiger partial charge < -0.3 is 10.0 Å². The van der Waals surface area contributed by atoms with Crippen LogP contribution in [0.4, 0.5) is 0 Å². The zero-order valence-electron chi connectivity index (χ0n) is 13.9. The molecule has 4 heteroatoms. The fourth-order valence-corrected chi connectivity index (χ4v) is 3.65. The second kappa shape index (κ2) is 6.11. The van der Waals surface area contributed by atoms with Crippen LogP contribution in [0.15, 0.2) is 54.6 Å². The molecule has 1 aliphatic heterocycles. The number of rotatable bonds is 3. The van der Waals surface area contributed by atoms with E-state index in [0.29, 0.717) is 12.1 Å². The van der Waals surface area contributed by atoms with E-state index in [0.717, 1.165) is 6.42 Å². The quantitative estimate of drug-likeness (QED) is 0.935. The number of carboxylic acids is 1. The number of likely N-dealkylation sites (tertiary alicyclic amines) is 1. The summed E-state index contributed by atoms with van der Waals surface area (Å²) >= 11 is 0. The molecule has 24 heavy (non-hydrogen) atoms. The minimum absolute atomic E-state index is 0.110. The van der Waals surface area contributed by atoms with E-state index in [-0.39, 0.29) is 22.9 Å². The summed E-state index contributed by atoms with van der Waals surface area (Å²) in [5.74, 6) is -0.862. The molecule has 1 aliphatic rings. The first-order chi connectivity index (χ1) is 11.4. The molecular weight excluding hydrogens is 302 g/mol. The standard InChI is InChI=1S/C20H21NO3/c1-20(2)17(14-7-4-3-5-8-14)11-12-21(20)18(22)15-9-6-10-16(13-15)19(23)24/h3-10,13,17H,11-12H2,1-2H3,(H,23,24). The number of carbonyl (C=O) groups is 2. The summed E-state index contributed by atoms with van der Waals surface area (Å²) in [6, 6.07) is 16.5. The van der Waals surface area contributed by atoms with E-state index >= 15 is 0 Å². The Balaban J connectivity index is 1.89. The van der Waals surface area contributed by atoms with Crippen LogP contribution in [0, 0.1) is 0 Å². The number of carbonyl (C=O) groups excluding carboxylic acids is 1. The Bertz CT molecular complexity index is 767. The molecule has 1 amide bonds. The zero-order valence-corrected chi connectivity index (χ0v) is 13.9. The highest BCUT2D eigenvalue weighted by Gasteiger charge is 2.44. The Hall–Kier alpha value is -2.62. The molecule has 1 heterocycles. The highest BCUT2D eigenvalue weighted by Crippen LogP contribution is 2.42. The van der Waals surface area contributed by atoms with Crippen LogP contribution in [-0.4, -0.2) is 34.0 Å². The van der Waals surface area contributed by atoms with Gasteiger partial charge in [-0.05, 0) is 44.0 Å². The van der Waals surface area contributed by atoms with Gasteiger partial charge >= 0.3 is 5.97 Å². The number of hydrogen-bond acceptors (Lipinski definition) is 2. The van der Waals surface area contributed by atoms with Crippen molar-refractivity contribution in [3.05, 3.63) is 71.3 Å². The molecule has 124 valence electrons. The number of amides is 1. The molecule has 0 radical (unpaired) electrons. The second-order valence-corrected chi connectivity index (χ2v) is 6.75. The first-order valence-corrected chi connectivity index (χ1v) is 8.11. The fraction of sp³-hybridized carbons (Fsp3) is 0.300. The van der Waals surface area contributed by atoms with Gasteiger partial charge in [0.2, 0.25) is 0 Å². The van der Waals surface area contributed by atoms with E-state index in [4.69, 9.17) is 5.11 Å². The lowest BCUT2D eigenvalue weighted by Crippen LogP contribution is -2.45. The van der Waals surface area contributed by atoms with Crippen molar-refractivity contribution in [2.24, 2.45) is 0 Å². The van der Waals surface area contributed by atoms with Crippen molar-refractivity contribution in [1.29, 1.82) is 0 Å². The molecule has 0 bridgehead atoms. The SMILES string of the molecule is CC1(C)C(c2ccccc2)CCN1C(=O)c1cccc(C(=O)O)c1. The van der Waals surface area contributed by atoms with Crippen LogP contribution in [0.1, 0.15) is 52.5 Å². The molecule has 0 spiro atoms. The molecule has 2 aromatic rings. The Morgan fingerprint density at radius 3 is 2.38 bits per heavy atom. The predicted octanol–water partition coefficient (Wildman–Crippen LogP) is 3.79. The molecule has 1 fully saturated rings. The molecule has 1 saturated heterocycles. The van der Waals surface area contributed by atoms with Crippen molar-refractivity contribution >= 4 is 11.9 Å². The van der Waals surface area contributed by atoms with E-state index in [9.17, 15) is 9.59 Å². The summed E-state index contributed by atoms with van der Waals surface area (Å²) in [6.45, 7) is 4.83. The number of carboxylic acid groups (broad SMARTS) is 1. The summed E-state index contributed by atoms with van der Waals surface area (Å²) in [4.78, 5) is 26.0. The normalized spacial score (nSPS) is 19.2. The first kappa shape index (κ1) is 16.2.